The van der Waals surface area contributed by atoms with Crippen LogP contribution in [-0.4, -0.2) is 32.2 Å². The minimum absolute atomic E-state index is 0.0672. The Labute approximate surface area is 117 Å². The van der Waals surface area contributed by atoms with Gasteiger partial charge in [-0.15, -0.1) is 0 Å². The van der Waals surface area contributed by atoms with E-state index in [1.807, 2.05) is 0 Å². The van der Waals surface area contributed by atoms with Crippen LogP contribution in [0.3, 0.4) is 0 Å². The van der Waals surface area contributed by atoms with E-state index in [-0.39, 0.29) is 11.2 Å². The zero-order valence-electron chi connectivity index (χ0n) is 12.5. The van der Waals surface area contributed by atoms with Gasteiger partial charge in [0.2, 0.25) is 0 Å². The summed E-state index contributed by atoms with van der Waals surface area (Å²) in [5, 5.41) is 0. The molecule has 0 aromatic heterocycles. The van der Waals surface area contributed by atoms with E-state index in [9.17, 15) is 0 Å². The van der Waals surface area contributed by atoms with Gasteiger partial charge in [-0.1, -0.05) is 11.8 Å². The van der Waals surface area contributed by atoms with Crippen LogP contribution in [0.15, 0.2) is 0 Å². The van der Waals surface area contributed by atoms with Crippen LogP contribution in [0.1, 0.15) is 46.5 Å². The van der Waals surface area contributed by atoms with Gasteiger partial charge in [0, 0.05) is 18.3 Å². The maximum Gasteiger partial charge on any atom is 0.168 e. The molecule has 1 heterocycles. The zero-order valence-corrected chi connectivity index (χ0v) is 12.5. The number of rotatable bonds is 3. The molecule has 0 bridgehead atoms. The van der Waals surface area contributed by atoms with Gasteiger partial charge in [-0.2, -0.15) is 0 Å². The van der Waals surface area contributed by atoms with E-state index < -0.39 is 0 Å². The molecule has 1 saturated carbocycles. The predicted molar refractivity (Wildman–Crippen MR) is 74.6 cm³/mol. The molecule has 19 heavy (non-hydrogen) atoms. The molecular formula is C16H26O3. The average molecular weight is 266 g/mol. The maximum atomic E-state index is 5.72. The van der Waals surface area contributed by atoms with E-state index in [1.165, 1.54) is 0 Å². The second-order valence-corrected chi connectivity index (χ2v) is 6.62. The first-order valence-electron chi connectivity index (χ1n) is 7.35. The maximum absolute atomic E-state index is 5.72. The van der Waals surface area contributed by atoms with E-state index in [0.717, 1.165) is 45.5 Å². The molecule has 0 radical (unpaired) electrons. The van der Waals surface area contributed by atoms with E-state index in [1.54, 1.807) is 0 Å². The first-order chi connectivity index (χ1) is 8.99. The summed E-state index contributed by atoms with van der Waals surface area (Å²) in [6, 6.07) is 0. The van der Waals surface area contributed by atoms with Crippen molar-refractivity contribution in [1.29, 1.82) is 0 Å². The first kappa shape index (κ1) is 14.8. The standard InChI is InChI=1S/C16H26O3/c1-15(2,3)7-4-10-17-13-14-5-8-16(9-6-14)18-11-12-19-16/h14H,5-6,8-13H2,1-3H3. The fraction of sp³-hybridized carbons (Fsp3) is 0.875. The van der Waals surface area contributed by atoms with Gasteiger partial charge < -0.3 is 14.2 Å². The number of hydrogen-bond acceptors (Lipinski definition) is 3. The van der Waals surface area contributed by atoms with E-state index in [2.05, 4.69) is 32.6 Å². The molecule has 1 saturated heterocycles. The number of ether oxygens (including phenoxy) is 3. The van der Waals surface area contributed by atoms with Gasteiger partial charge in [-0.05, 0) is 39.5 Å². The van der Waals surface area contributed by atoms with Crippen LogP contribution >= 0.6 is 0 Å². The Morgan fingerprint density at radius 3 is 2.37 bits per heavy atom. The summed E-state index contributed by atoms with van der Waals surface area (Å²) < 4.78 is 17.1. The van der Waals surface area contributed by atoms with Gasteiger partial charge in [-0.3, -0.25) is 0 Å². The number of hydrogen-bond donors (Lipinski definition) is 0. The Morgan fingerprint density at radius 1 is 1.16 bits per heavy atom. The molecule has 0 aromatic rings. The summed E-state index contributed by atoms with van der Waals surface area (Å²) in [7, 11) is 0. The molecule has 0 unspecified atom stereocenters. The Morgan fingerprint density at radius 2 is 1.79 bits per heavy atom. The average Bonchev–Trinajstić information content (AvgIpc) is 2.79. The van der Waals surface area contributed by atoms with Crippen LogP contribution in [0, 0.1) is 23.2 Å². The highest BCUT2D eigenvalue weighted by Gasteiger charge is 2.40. The lowest BCUT2D eigenvalue weighted by atomic mass is 9.85. The van der Waals surface area contributed by atoms with Crippen molar-refractivity contribution in [2.24, 2.45) is 11.3 Å². The highest BCUT2D eigenvalue weighted by Crippen LogP contribution is 2.38. The summed E-state index contributed by atoms with van der Waals surface area (Å²) >= 11 is 0. The summed E-state index contributed by atoms with van der Waals surface area (Å²) in [6.07, 6.45) is 4.28. The Hall–Kier alpha value is -0.560. The van der Waals surface area contributed by atoms with Gasteiger partial charge in [0.05, 0.1) is 19.8 Å². The zero-order chi connectivity index (χ0) is 13.8. The first-order valence-corrected chi connectivity index (χ1v) is 7.35. The molecule has 0 amide bonds. The van der Waals surface area contributed by atoms with Crippen molar-refractivity contribution in [2.75, 3.05) is 26.4 Å². The molecule has 3 nitrogen and oxygen atoms in total. The lowest BCUT2D eigenvalue weighted by Gasteiger charge is -2.35. The van der Waals surface area contributed by atoms with Gasteiger partial charge in [0.15, 0.2) is 5.79 Å². The van der Waals surface area contributed by atoms with Gasteiger partial charge in [0.1, 0.15) is 6.61 Å². The lowest BCUT2D eigenvalue weighted by molar-refractivity contribution is -0.184. The van der Waals surface area contributed by atoms with Crippen LogP contribution in [-0.2, 0) is 14.2 Å². The van der Waals surface area contributed by atoms with Crippen molar-refractivity contribution >= 4 is 0 Å². The van der Waals surface area contributed by atoms with Crippen molar-refractivity contribution in [3.05, 3.63) is 0 Å². The Bertz CT molecular complexity index is 329. The molecule has 1 aliphatic carbocycles. The van der Waals surface area contributed by atoms with E-state index in [4.69, 9.17) is 14.2 Å². The molecule has 0 N–H and O–H groups in total. The second kappa shape index (κ2) is 6.26. The molecule has 0 atom stereocenters. The smallest absolute Gasteiger partial charge is 0.168 e. The SMILES string of the molecule is CC(C)(C)C#CCOCC1CCC2(CC1)OCCO2. The molecule has 2 aliphatic rings. The summed E-state index contributed by atoms with van der Waals surface area (Å²) in [5.41, 5.74) is 0.0672. The summed E-state index contributed by atoms with van der Waals surface area (Å²) in [6.45, 7) is 9.21. The molecule has 2 rings (SSSR count). The van der Waals surface area contributed by atoms with E-state index >= 15 is 0 Å². The highest BCUT2D eigenvalue weighted by molar-refractivity contribution is 5.07. The quantitative estimate of drug-likeness (QED) is 0.580. The molecule has 1 aliphatic heterocycles. The summed E-state index contributed by atoms with van der Waals surface area (Å²) in [4.78, 5) is 0. The van der Waals surface area contributed by atoms with Crippen LogP contribution in [0.2, 0.25) is 0 Å². The highest BCUT2D eigenvalue weighted by atomic mass is 16.7. The largest absolute Gasteiger partial charge is 0.368 e. The topological polar surface area (TPSA) is 27.7 Å². The van der Waals surface area contributed by atoms with Crippen LogP contribution in [0.4, 0.5) is 0 Å². The van der Waals surface area contributed by atoms with Crippen molar-refractivity contribution in [3.63, 3.8) is 0 Å². The third kappa shape index (κ3) is 4.80. The van der Waals surface area contributed by atoms with Crippen molar-refractivity contribution < 1.29 is 14.2 Å². The molecule has 0 aromatic carbocycles. The van der Waals surface area contributed by atoms with Gasteiger partial charge in [-0.25, -0.2) is 0 Å². The van der Waals surface area contributed by atoms with Crippen LogP contribution in [0.5, 0.6) is 0 Å². The summed E-state index contributed by atoms with van der Waals surface area (Å²) in [5.74, 6) is 6.66. The second-order valence-electron chi connectivity index (χ2n) is 6.62. The molecular weight excluding hydrogens is 240 g/mol. The van der Waals surface area contributed by atoms with Crippen LogP contribution < -0.4 is 0 Å². The minimum Gasteiger partial charge on any atom is -0.368 e. The predicted octanol–water partition coefficient (Wildman–Crippen LogP) is 2.99. The lowest BCUT2D eigenvalue weighted by Crippen LogP contribution is -2.36. The van der Waals surface area contributed by atoms with Gasteiger partial charge >= 0.3 is 0 Å². The monoisotopic (exact) mass is 266 g/mol. The third-order valence-corrected chi connectivity index (χ3v) is 3.67. The fourth-order valence-electron chi connectivity index (χ4n) is 2.65. The molecule has 108 valence electrons. The molecule has 1 spiro atoms. The van der Waals surface area contributed by atoms with Crippen molar-refractivity contribution in [2.45, 2.75) is 52.2 Å². The third-order valence-electron chi connectivity index (χ3n) is 3.67. The fourth-order valence-corrected chi connectivity index (χ4v) is 2.65. The molecule has 3 heteroatoms. The normalized spacial score (nSPS) is 23.3. The minimum atomic E-state index is -0.247. The van der Waals surface area contributed by atoms with E-state index in [0.29, 0.717) is 12.5 Å². The van der Waals surface area contributed by atoms with Crippen molar-refractivity contribution in [1.82, 2.24) is 0 Å². The Balaban J connectivity index is 1.62. The Kier molecular flexibility index (Phi) is 4.89. The van der Waals surface area contributed by atoms with Crippen molar-refractivity contribution in [3.8, 4) is 11.8 Å². The van der Waals surface area contributed by atoms with Crippen LogP contribution in [0.25, 0.3) is 0 Å². The molecule has 2 fully saturated rings. The van der Waals surface area contributed by atoms with Gasteiger partial charge in [0.25, 0.3) is 0 Å².